The molecule has 0 saturated heterocycles. The number of furan rings is 1. The van der Waals surface area contributed by atoms with E-state index in [0.29, 0.717) is 0 Å². The second-order valence-electron chi connectivity index (χ2n) is 1.19. The molecule has 0 atom stereocenters. The fourth-order valence-corrected chi connectivity index (χ4v) is 0.227. The van der Waals surface area contributed by atoms with Crippen LogP contribution in [0.2, 0.25) is 0 Å². The fourth-order valence-electron chi connectivity index (χ4n) is 0.227. The lowest BCUT2D eigenvalue weighted by molar-refractivity contribution is 0.567. The van der Waals surface area contributed by atoms with Crippen LogP contribution in [0.4, 0.5) is 0 Å². The normalized spacial score (nSPS) is 9.90. The Bertz CT molecular complexity index is 167. The Hall–Kier alpha value is 0.380. The molecular weight excluding hydrogens is 217 g/mol. The number of hydrogen-bond acceptors (Lipinski definition) is 2. The molecule has 0 bridgehead atoms. The molecule has 0 radical (unpaired) electrons. The van der Waals surface area contributed by atoms with E-state index in [1.165, 1.54) is 0 Å². The molecule has 0 N–H and O–H groups in total. The zero-order valence-electron chi connectivity index (χ0n) is 4.71. The highest BCUT2D eigenvalue weighted by Gasteiger charge is 2.02. The van der Waals surface area contributed by atoms with Crippen molar-refractivity contribution in [3.63, 3.8) is 0 Å². The first-order valence-corrected chi connectivity index (χ1v) is 6.58. The Morgan fingerprint density at radius 1 is 1.10 bits per heavy atom. The van der Waals surface area contributed by atoms with Crippen LogP contribution in [-0.4, -0.2) is 0 Å². The minimum atomic E-state index is -3.22. The van der Waals surface area contributed by atoms with Crippen LogP contribution in [0.25, 0.3) is 0 Å². The van der Waals surface area contributed by atoms with Gasteiger partial charge in [0, 0.05) is 0 Å². The van der Waals surface area contributed by atoms with Crippen molar-refractivity contribution in [2.45, 2.75) is 0 Å². The van der Waals surface area contributed by atoms with E-state index in [9.17, 15) is 4.57 Å². The first kappa shape index (κ1) is 10.4. The summed E-state index contributed by atoms with van der Waals surface area (Å²) >= 11 is 13.8. The van der Waals surface area contributed by atoms with E-state index in [-0.39, 0.29) is 0 Å². The molecule has 0 fully saturated rings. The molecule has 6 heteroatoms. The maximum atomic E-state index is 9.51. The van der Waals surface area contributed by atoms with Crippen molar-refractivity contribution in [3.8, 4) is 0 Å². The Balaban J connectivity index is 0.000000162. The van der Waals surface area contributed by atoms with E-state index in [2.05, 4.69) is 38.1 Å². The van der Waals surface area contributed by atoms with E-state index in [4.69, 9.17) is 0 Å². The third kappa shape index (κ3) is 15.8. The Kier molecular flexibility index (Phi) is 5.28. The van der Waals surface area contributed by atoms with Gasteiger partial charge in [-0.15, -0.1) is 0 Å². The van der Waals surface area contributed by atoms with Gasteiger partial charge < -0.3 is 4.42 Å². The van der Waals surface area contributed by atoms with Crippen molar-refractivity contribution in [2.24, 2.45) is 0 Å². The quantitative estimate of drug-likeness (QED) is 0.618. The molecule has 1 heterocycles. The second-order valence-corrected chi connectivity index (χ2v) is 7.83. The van der Waals surface area contributed by atoms with Gasteiger partial charge >= 0.3 is 5.20 Å². The summed E-state index contributed by atoms with van der Waals surface area (Å²) < 4.78 is 14.1. The first-order valence-electron chi connectivity index (χ1n) is 2.16. The summed E-state index contributed by atoms with van der Waals surface area (Å²) in [6.45, 7) is 0. The van der Waals surface area contributed by atoms with Crippen LogP contribution in [0.3, 0.4) is 0 Å². The molecule has 0 aliphatic carbocycles. The van der Waals surface area contributed by atoms with Gasteiger partial charge in [-0.25, -0.2) is 0 Å². The molecular formula is C4H4Cl3O2P. The largest absolute Gasteiger partial charge is 0.473 e. The highest BCUT2D eigenvalue weighted by molar-refractivity contribution is 8.24. The van der Waals surface area contributed by atoms with Crippen LogP contribution in [-0.2, 0) is 4.57 Å². The maximum absolute atomic E-state index is 9.51. The molecule has 0 amide bonds. The van der Waals surface area contributed by atoms with Crippen LogP contribution in [0.5, 0.6) is 0 Å². The van der Waals surface area contributed by atoms with Gasteiger partial charge in [-0.3, -0.25) is 4.57 Å². The van der Waals surface area contributed by atoms with Gasteiger partial charge in [-0.05, 0) is 45.9 Å². The van der Waals surface area contributed by atoms with E-state index in [1.54, 1.807) is 12.5 Å². The van der Waals surface area contributed by atoms with Crippen molar-refractivity contribution in [3.05, 3.63) is 24.7 Å². The van der Waals surface area contributed by atoms with Gasteiger partial charge in [0.25, 0.3) is 0 Å². The lowest BCUT2D eigenvalue weighted by Crippen LogP contribution is -1.19. The number of rotatable bonds is 0. The monoisotopic (exact) mass is 220 g/mol. The van der Waals surface area contributed by atoms with Gasteiger partial charge in [0.2, 0.25) is 0 Å². The van der Waals surface area contributed by atoms with E-state index in [1.807, 2.05) is 12.1 Å². The summed E-state index contributed by atoms with van der Waals surface area (Å²) in [5.74, 6) is 0. The zero-order valence-corrected chi connectivity index (χ0v) is 7.87. The van der Waals surface area contributed by atoms with Crippen molar-refractivity contribution in [1.82, 2.24) is 0 Å². The summed E-state index contributed by atoms with van der Waals surface area (Å²) in [6, 6.07) is 3.67. The second kappa shape index (κ2) is 5.09. The lowest BCUT2D eigenvalue weighted by Gasteiger charge is -1.74. The van der Waals surface area contributed by atoms with E-state index in [0.717, 1.165) is 0 Å². The minimum Gasteiger partial charge on any atom is -0.473 e. The van der Waals surface area contributed by atoms with Crippen LogP contribution < -0.4 is 0 Å². The summed E-state index contributed by atoms with van der Waals surface area (Å²) in [7, 11) is 0. The van der Waals surface area contributed by atoms with Crippen molar-refractivity contribution in [1.29, 1.82) is 0 Å². The summed E-state index contributed by atoms with van der Waals surface area (Å²) in [5.41, 5.74) is 0. The van der Waals surface area contributed by atoms with Crippen LogP contribution in [0.1, 0.15) is 0 Å². The third-order valence-electron chi connectivity index (χ3n) is 0.425. The summed E-state index contributed by atoms with van der Waals surface area (Å²) in [4.78, 5) is 0. The predicted molar refractivity (Wildman–Crippen MR) is 43.9 cm³/mol. The molecule has 10 heavy (non-hydrogen) atoms. The zero-order chi connectivity index (χ0) is 8.04. The van der Waals surface area contributed by atoms with Crippen molar-refractivity contribution < 1.29 is 8.98 Å². The Morgan fingerprint density at radius 2 is 1.40 bits per heavy atom. The smallest absolute Gasteiger partial charge is 0.339 e. The van der Waals surface area contributed by atoms with Gasteiger partial charge in [0.1, 0.15) is 0 Å². The average molecular weight is 221 g/mol. The Morgan fingerprint density at radius 3 is 1.50 bits per heavy atom. The van der Waals surface area contributed by atoms with Gasteiger partial charge in [-0.2, -0.15) is 0 Å². The predicted octanol–water partition coefficient (Wildman–Crippen LogP) is 4.09. The van der Waals surface area contributed by atoms with Gasteiger partial charge in [0.15, 0.2) is 0 Å². The molecule has 2 nitrogen and oxygen atoms in total. The summed E-state index contributed by atoms with van der Waals surface area (Å²) in [6.07, 6.45) is 3.25. The molecule has 0 aliphatic heterocycles. The molecule has 1 aromatic rings. The highest BCUT2D eigenvalue weighted by atomic mass is 36.0. The molecule has 1 rings (SSSR count). The van der Waals surface area contributed by atoms with E-state index >= 15 is 0 Å². The minimum absolute atomic E-state index is 1.62. The lowest BCUT2D eigenvalue weighted by atomic mass is 10.7. The summed E-state index contributed by atoms with van der Waals surface area (Å²) in [5, 5.41) is -3.22. The highest BCUT2D eigenvalue weighted by Crippen LogP contribution is 2.61. The van der Waals surface area contributed by atoms with Crippen LogP contribution in [0, 0.1) is 0 Å². The first-order chi connectivity index (χ1) is 4.50. The van der Waals surface area contributed by atoms with Crippen LogP contribution in [0.15, 0.2) is 29.1 Å². The Labute approximate surface area is 72.8 Å². The third-order valence-corrected chi connectivity index (χ3v) is 0.425. The molecule has 0 saturated carbocycles. The molecule has 0 spiro atoms. The molecule has 0 aliphatic rings. The van der Waals surface area contributed by atoms with Crippen LogP contribution >= 0.6 is 38.9 Å². The molecule has 1 aromatic heterocycles. The van der Waals surface area contributed by atoms with Crippen molar-refractivity contribution >= 4 is 38.9 Å². The fraction of sp³-hybridized carbons (Fsp3) is 0. The SMILES string of the molecule is O=P(Cl)(Cl)Cl.c1ccoc1. The number of halogens is 3. The molecule has 0 aromatic carbocycles. The molecule has 58 valence electrons. The van der Waals surface area contributed by atoms with Crippen molar-refractivity contribution in [2.75, 3.05) is 0 Å². The van der Waals surface area contributed by atoms with Gasteiger partial charge in [-0.1, -0.05) is 0 Å². The average Bonchev–Trinajstić information content (AvgIpc) is 2.07. The standard InChI is InChI=1S/C4H4O.Cl3OP/c1-2-4-5-3-1;1-5(2,3)4/h1-4H;. The van der Waals surface area contributed by atoms with Gasteiger partial charge in [0.05, 0.1) is 12.5 Å². The maximum Gasteiger partial charge on any atom is 0.339 e. The molecule has 0 unspecified atom stereocenters. The van der Waals surface area contributed by atoms with E-state index < -0.39 is 5.20 Å². The number of hydrogen-bond donors (Lipinski definition) is 0. The topological polar surface area (TPSA) is 30.2 Å².